The zero-order valence-electron chi connectivity index (χ0n) is 14.3. The number of carbonyl (C=O) groups is 1. The van der Waals surface area contributed by atoms with E-state index in [1.165, 1.54) is 7.11 Å². The molecule has 0 heterocycles. The van der Waals surface area contributed by atoms with Crippen LogP contribution in [0.15, 0.2) is 46.4 Å². The third-order valence-electron chi connectivity index (χ3n) is 3.75. The molecule has 0 saturated heterocycles. The summed E-state index contributed by atoms with van der Waals surface area (Å²) in [7, 11) is 1.26. The predicted octanol–water partition coefficient (Wildman–Crippen LogP) is 4.72. The molecule has 0 aliphatic heterocycles. The lowest BCUT2D eigenvalue weighted by Gasteiger charge is -2.13. The average molecular weight is 400 g/mol. The lowest BCUT2D eigenvalue weighted by atomic mass is 9.98. The summed E-state index contributed by atoms with van der Waals surface area (Å²) in [6.07, 6.45) is 1.55. The van der Waals surface area contributed by atoms with E-state index >= 15 is 0 Å². The van der Waals surface area contributed by atoms with Gasteiger partial charge < -0.3 is 9.47 Å². The van der Waals surface area contributed by atoms with Gasteiger partial charge in [-0.25, -0.2) is 4.79 Å². The molecule has 5 heteroatoms. The Morgan fingerprint density at radius 3 is 2.64 bits per heavy atom. The van der Waals surface area contributed by atoms with Gasteiger partial charge >= 0.3 is 5.97 Å². The second-order valence-electron chi connectivity index (χ2n) is 5.52. The number of hydrogen-bond donors (Lipinski definition) is 0. The van der Waals surface area contributed by atoms with Crippen molar-refractivity contribution in [3.63, 3.8) is 0 Å². The summed E-state index contributed by atoms with van der Waals surface area (Å²) in [4.78, 5) is 11.6. The van der Waals surface area contributed by atoms with E-state index in [4.69, 9.17) is 10.00 Å². The van der Waals surface area contributed by atoms with Crippen LogP contribution in [0, 0.1) is 25.2 Å². The van der Waals surface area contributed by atoms with Crippen molar-refractivity contribution in [3.8, 4) is 11.8 Å². The molecule has 0 aliphatic rings. The Labute approximate surface area is 155 Å². The van der Waals surface area contributed by atoms with Crippen molar-refractivity contribution in [1.82, 2.24) is 0 Å². The number of benzene rings is 2. The lowest BCUT2D eigenvalue weighted by Crippen LogP contribution is -2.04. The molecule has 128 valence electrons. The molecule has 0 amide bonds. The fraction of sp³-hybridized carbons (Fsp3) is 0.200. The van der Waals surface area contributed by atoms with Crippen LogP contribution < -0.4 is 4.74 Å². The molecule has 2 rings (SSSR count). The fourth-order valence-corrected chi connectivity index (χ4v) is 2.78. The Morgan fingerprint density at radius 1 is 1.28 bits per heavy atom. The van der Waals surface area contributed by atoms with Crippen LogP contribution in [0.5, 0.6) is 5.75 Å². The maximum atomic E-state index is 11.6. The van der Waals surface area contributed by atoms with Gasteiger partial charge in [-0.3, -0.25) is 0 Å². The Hall–Kier alpha value is -2.58. The minimum Gasteiger partial charge on any atom is -0.488 e. The van der Waals surface area contributed by atoms with Crippen LogP contribution in [0.2, 0.25) is 0 Å². The molecular formula is C20H18BrNO3. The van der Waals surface area contributed by atoms with Crippen LogP contribution in [-0.4, -0.2) is 13.1 Å². The Bertz CT molecular complexity index is 866. The Balaban J connectivity index is 2.34. The minimum atomic E-state index is -0.644. The first kappa shape index (κ1) is 18.8. The summed E-state index contributed by atoms with van der Waals surface area (Å²) in [6.45, 7) is 4.29. The smallest absolute Gasteiger partial charge is 0.348 e. The van der Waals surface area contributed by atoms with Crippen molar-refractivity contribution < 1.29 is 14.3 Å². The monoisotopic (exact) mass is 399 g/mol. The first-order chi connectivity index (χ1) is 12.0. The molecule has 0 radical (unpaired) electrons. The SMILES string of the molecule is COC(=O)C(C#N)=Cc1cc(C)cc(COc2ccccc2Br)c1C. The van der Waals surface area contributed by atoms with Crippen LogP contribution in [0.1, 0.15) is 22.3 Å². The molecule has 0 atom stereocenters. The van der Waals surface area contributed by atoms with Crippen LogP contribution in [0.25, 0.3) is 6.08 Å². The van der Waals surface area contributed by atoms with Gasteiger partial charge in [-0.1, -0.05) is 29.8 Å². The summed E-state index contributed by atoms with van der Waals surface area (Å²) >= 11 is 3.46. The zero-order valence-corrected chi connectivity index (χ0v) is 15.9. The molecule has 0 bridgehead atoms. The van der Waals surface area contributed by atoms with Gasteiger partial charge in [-0.15, -0.1) is 0 Å². The van der Waals surface area contributed by atoms with Crippen molar-refractivity contribution in [1.29, 1.82) is 5.26 Å². The van der Waals surface area contributed by atoms with Crippen LogP contribution in [0.4, 0.5) is 0 Å². The Morgan fingerprint density at radius 2 is 2.00 bits per heavy atom. The van der Waals surface area contributed by atoms with E-state index in [-0.39, 0.29) is 5.57 Å². The number of esters is 1. The summed E-state index contributed by atoms with van der Waals surface area (Å²) in [5.41, 5.74) is 3.73. The maximum absolute atomic E-state index is 11.6. The van der Waals surface area contributed by atoms with E-state index < -0.39 is 5.97 Å². The molecule has 0 saturated carbocycles. The van der Waals surface area contributed by atoms with E-state index in [9.17, 15) is 4.79 Å². The summed E-state index contributed by atoms with van der Waals surface area (Å²) in [5, 5.41) is 9.15. The first-order valence-corrected chi connectivity index (χ1v) is 8.43. The lowest BCUT2D eigenvalue weighted by molar-refractivity contribution is -0.135. The maximum Gasteiger partial charge on any atom is 0.348 e. The number of aryl methyl sites for hydroxylation is 1. The molecular weight excluding hydrogens is 382 g/mol. The molecule has 2 aromatic carbocycles. The number of nitrogens with zero attached hydrogens (tertiary/aromatic N) is 1. The highest BCUT2D eigenvalue weighted by Crippen LogP contribution is 2.26. The van der Waals surface area contributed by atoms with Gasteiger partial charge in [0.1, 0.15) is 24.0 Å². The fourth-order valence-electron chi connectivity index (χ4n) is 2.38. The Kier molecular flexibility index (Phi) is 6.37. The van der Waals surface area contributed by atoms with E-state index in [0.29, 0.717) is 6.61 Å². The summed E-state index contributed by atoms with van der Waals surface area (Å²) < 4.78 is 11.4. The normalized spacial score (nSPS) is 10.9. The van der Waals surface area contributed by atoms with Gasteiger partial charge in [-0.2, -0.15) is 5.26 Å². The summed E-state index contributed by atoms with van der Waals surface area (Å²) in [6, 6.07) is 13.5. The number of ether oxygens (including phenoxy) is 2. The van der Waals surface area contributed by atoms with Gasteiger partial charge in [-0.05, 0) is 64.7 Å². The quantitative estimate of drug-likeness (QED) is 0.414. The molecule has 0 spiro atoms. The van der Waals surface area contributed by atoms with E-state index in [0.717, 1.165) is 32.5 Å². The number of halogens is 1. The number of methoxy groups -OCH3 is 1. The van der Waals surface area contributed by atoms with Crippen molar-refractivity contribution in [2.45, 2.75) is 20.5 Å². The zero-order chi connectivity index (χ0) is 18.4. The standard InChI is InChI=1S/C20H18BrNO3/c1-13-8-15(10-16(11-22)20(23)24-3)14(2)17(9-13)12-25-19-7-5-4-6-18(19)21/h4-10H,12H2,1-3H3. The van der Waals surface area contributed by atoms with Crippen LogP contribution in [-0.2, 0) is 16.1 Å². The second-order valence-corrected chi connectivity index (χ2v) is 6.37. The highest BCUT2D eigenvalue weighted by Gasteiger charge is 2.12. The van der Waals surface area contributed by atoms with Crippen LogP contribution in [0.3, 0.4) is 0 Å². The predicted molar refractivity (Wildman–Crippen MR) is 100.0 cm³/mol. The van der Waals surface area contributed by atoms with Crippen molar-refractivity contribution >= 4 is 28.0 Å². The van der Waals surface area contributed by atoms with Gasteiger partial charge in [0, 0.05) is 0 Å². The van der Waals surface area contributed by atoms with Crippen LogP contribution >= 0.6 is 15.9 Å². The minimum absolute atomic E-state index is 0.0335. The number of nitriles is 1. The highest BCUT2D eigenvalue weighted by atomic mass is 79.9. The highest BCUT2D eigenvalue weighted by molar-refractivity contribution is 9.10. The van der Waals surface area contributed by atoms with Gasteiger partial charge in [0.15, 0.2) is 0 Å². The van der Waals surface area contributed by atoms with Gasteiger partial charge in [0.25, 0.3) is 0 Å². The van der Waals surface area contributed by atoms with E-state index in [1.807, 2.05) is 56.3 Å². The molecule has 0 unspecified atom stereocenters. The molecule has 0 aromatic heterocycles. The average Bonchev–Trinajstić information content (AvgIpc) is 2.61. The first-order valence-electron chi connectivity index (χ1n) is 7.63. The molecule has 0 aliphatic carbocycles. The topological polar surface area (TPSA) is 59.3 Å². The molecule has 0 fully saturated rings. The van der Waals surface area contributed by atoms with E-state index in [2.05, 4.69) is 20.7 Å². The molecule has 4 nitrogen and oxygen atoms in total. The number of para-hydroxylation sites is 1. The summed E-state index contributed by atoms with van der Waals surface area (Å²) in [5.74, 6) is 0.113. The molecule has 0 N–H and O–H groups in total. The second kappa shape index (κ2) is 8.50. The van der Waals surface area contributed by atoms with Crippen molar-refractivity contribution in [2.24, 2.45) is 0 Å². The molecule has 2 aromatic rings. The van der Waals surface area contributed by atoms with Crippen molar-refractivity contribution in [3.05, 3.63) is 68.7 Å². The number of rotatable bonds is 5. The largest absolute Gasteiger partial charge is 0.488 e. The van der Waals surface area contributed by atoms with Gasteiger partial charge in [0.05, 0.1) is 11.6 Å². The number of carbonyl (C=O) groups excluding carboxylic acids is 1. The third kappa shape index (κ3) is 4.71. The molecule has 25 heavy (non-hydrogen) atoms. The van der Waals surface area contributed by atoms with Crippen molar-refractivity contribution in [2.75, 3.05) is 7.11 Å². The van der Waals surface area contributed by atoms with Gasteiger partial charge in [0.2, 0.25) is 0 Å². The van der Waals surface area contributed by atoms with E-state index in [1.54, 1.807) is 6.08 Å². The third-order valence-corrected chi connectivity index (χ3v) is 4.40. The number of hydrogen-bond acceptors (Lipinski definition) is 4.